The Morgan fingerprint density at radius 2 is 2.05 bits per heavy atom. The maximum Gasteiger partial charge on any atom is 0.257 e. The molecule has 0 radical (unpaired) electrons. The van der Waals surface area contributed by atoms with Crippen molar-refractivity contribution in [3.63, 3.8) is 0 Å². The van der Waals surface area contributed by atoms with Crippen molar-refractivity contribution in [2.24, 2.45) is 0 Å². The normalized spacial score (nSPS) is 14.2. The van der Waals surface area contributed by atoms with E-state index in [-0.39, 0.29) is 17.1 Å². The Hall–Kier alpha value is -0.920. The molecule has 1 rings (SSSR count). The van der Waals surface area contributed by atoms with Crippen molar-refractivity contribution in [2.45, 2.75) is 50.7 Å². The van der Waals surface area contributed by atoms with Crippen molar-refractivity contribution in [1.29, 1.82) is 0 Å². The summed E-state index contributed by atoms with van der Waals surface area (Å²) >= 11 is 0. The van der Waals surface area contributed by atoms with Gasteiger partial charge in [-0.05, 0) is 40.4 Å². The number of nitrogens with zero attached hydrogens (tertiary/aromatic N) is 3. The summed E-state index contributed by atoms with van der Waals surface area (Å²) in [6, 6.07) is 1.74. The number of aromatic nitrogens is 2. The van der Waals surface area contributed by atoms with E-state index < -0.39 is 10.0 Å². The molecule has 1 aromatic rings. The van der Waals surface area contributed by atoms with E-state index in [1.165, 1.54) is 16.9 Å². The molecule has 0 unspecified atom stereocenters. The van der Waals surface area contributed by atoms with E-state index in [1.807, 2.05) is 32.8 Å². The molecule has 0 aromatic carbocycles. The van der Waals surface area contributed by atoms with Gasteiger partial charge in [-0.1, -0.05) is 13.3 Å². The minimum absolute atomic E-state index is 0.0110. The summed E-state index contributed by atoms with van der Waals surface area (Å²) in [7, 11) is 0.415. The molecular weight excluding hydrogens is 276 g/mol. The van der Waals surface area contributed by atoms with E-state index in [1.54, 1.807) is 0 Å². The third-order valence-corrected chi connectivity index (χ3v) is 4.68. The van der Waals surface area contributed by atoms with Crippen molar-refractivity contribution in [1.82, 2.24) is 19.4 Å². The first kappa shape index (κ1) is 17.1. The molecule has 7 heteroatoms. The average Bonchev–Trinajstić information content (AvgIpc) is 2.84. The second kappa shape index (κ2) is 7.19. The molecule has 0 saturated heterocycles. The minimum atomic E-state index is -3.52. The van der Waals surface area contributed by atoms with Crippen molar-refractivity contribution in [2.75, 3.05) is 20.6 Å². The average molecular weight is 302 g/mol. The van der Waals surface area contributed by atoms with Crippen LogP contribution < -0.4 is 4.72 Å². The topological polar surface area (TPSA) is 67.2 Å². The zero-order chi connectivity index (χ0) is 15.3. The van der Waals surface area contributed by atoms with E-state index >= 15 is 0 Å². The Balaban J connectivity index is 2.82. The van der Waals surface area contributed by atoms with Gasteiger partial charge in [0.15, 0.2) is 5.03 Å². The molecule has 1 aromatic heterocycles. The maximum atomic E-state index is 12.4. The van der Waals surface area contributed by atoms with Crippen LogP contribution in [-0.4, -0.2) is 49.8 Å². The van der Waals surface area contributed by atoms with Crippen LogP contribution in [-0.2, 0) is 10.0 Å². The van der Waals surface area contributed by atoms with Crippen molar-refractivity contribution >= 4 is 10.0 Å². The molecule has 0 aliphatic rings. The summed E-state index contributed by atoms with van der Waals surface area (Å²) in [5.41, 5.74) is 0. The lowest BCUT2D eigenvalue weighted by molar-refractivity contribution is 0.277. The fraction of sp³-hybridized carbons (Fsp3) is 0.769. The number of likely N-dealkylation sites (N-methyl/N-ethyl adjacent to an activating group) is 1. The van der Waals surface area contributed by atoms with E-state index in [0.717, 1.165) is 12.8 Å². The molecule has 1 atom stereocenters. The van der Waals surface area contributed by atoms with Gasteiger partial charge in [0.25, 0.3) is 10.0 Å². The molecule has 0 bridgehead atoms. The molecule has 0 amide bonds. The van der Waals surface area contributed by atoms with E-state index in [0.29, 0.717) is 6.54 Å². The first-order valence-electron chi connectivity index (χ1n) is 6.99. The van der Waals surface area contributed by atoms with Crippen LogP contribution in [0.2, 0.25) is 0 Å². The highest BCUT2D eigenvalue weighted by molar-refractivity contribution is 7.89. The van der Waals surface area contributed by atoms with Crippen LogP contribution in [0.4, 0.5) is 0 Å². The largest absolute Gasteiger partial charge is 0.305 e. The van der Waals surface area contributed by atoms with Crippen LogP contribution in [0, 0.1) is 0 Å². The molecule has 0 saturated carbocycles. The summed E-state index contributed by atoms with van der Waals surface area (Å²) in [5, 5.41) is 4.29. The molecule has 20 heavy (non-hydrogen) atoms. The van der Waals surface area contributed by atoms with Crippen LogP contribution in [0.3, 0.4) is 0 Å². The van der Waals surface area contributed by atoms with Crippen molar-refractivity contribution in [3.05, 3.63) is 12.3 Å². The van der Waals surface area contributed by atoms with E-state index in [2.05, 4.69) is 16.7 Å². The van der Waals surface area contributed by atoms with Crippen LogP contribution in [0.5, 0.6) is 0 Å². The van der Waals surface area contributed by atoms with E-state index in [4.69, 9.17) is 0 Å². The van der Waals surface area contributed by atoms with Crippen LogP contribution >= 0.6 is 0 Å². The smallest absolute Gasteiger partial charge is 0.257 e. The van der Waals surface area contributed by atoms with Gasteiger partial charge < -0.3 is 4.90 Å². The van der Waals surface area contributed by atoms with Crippen LogP contribution in [0.15, 0.2) is 17.3 Å². The van der Waals surface area contributed by atoms with Gasteiger partial charge >= 0.3 is 0 Å². The SMILES string of the molecule is CCC[C@@H](CNS(=O)(=O)c1ccnn1C(C)C)N(C)C. The molecule has 0 aliphatic heterocycles. The molecule has 1 N–H and O–H groups in total. The van der Waals surface area contributed by atoms with Crippen molar-refractivity contribution < 1.29 is 8.42 Å². The zero-order valence-electron chi connectivity index (χ0n) is 13.0. The van der Waals surface area contributed by atoms with E-state index in [9.17, 15) is 8.42 Å². The molecule has 0 fully saturated rings. The second-order valence-corrected chi connectivity index (χ2v) is 7.18. The maximum absolute atomic E-state index is 12.4. The molecule has 6 nitrogen and oxygen atoms in total. The molecule has 116 valence electrons. The highest BCUT2D eigenvalue weighted by atomic mass is 32.2. The van der Waals surface area contributed by atoms with Crippen LogP contribution in [0.1, 0.15) is 39.7 Å². The summed E-state index contributed by atoms with van der Waals surface area (Å²) in [6.07, 6.45) is 3.50. The lowest BCUT2D eigenvalue weighted by atomic mass is 10.1. The highest BCUT2D eigenvalue weighted by Gasteiger charge is 2.22. The summed E-state index contributed by atoms with van der Waals surface area (Å²) in [6.45, 7) is 6.32. The molecule has 0 aliphatic carbocycles. The van der Waals surface area contributed by atoms with Gasteiger partial charge in [-0.3, -0.25) is 4.68 Å². The lowest BCUT2D eigenvalue weighted by Gasteiger charge is -2.24. The lowest BCUT2D eigenvalue weighted by Crippen LogP contribution is -2.40. The Kier molecular flexibility index (Phi) is 6.16. The zero-order valence-corrected chi connectivity index (χ0v) is 13.8. The molecule has 0 spiro atoms. The quantitative estimate of drug-likeness (QED) is 0.790. The Morgan fingerprint density at radius 3 is 2.55 bits per heavy atom. The van der Waals surface area contributed by atoms with Gasteiger partial charge in [-0.2, -0.15) is 5.10 Å². The number of nitrogens with one attached hydrogen (secondary N) is 1. The molecular formula is C13H26N4O2S. The first-order valence-corrected chi connectivity index (χ1v) is 8.47. The minimum Gasteiger partial charge on any atom is -0.305 e. The predicted molar refractivity (Wildman–Crippen MR) is 80.2 cm³/mol. The number of hydrogen-bond donors (Lipinski definition) is 1. The Morgan fingerprint density at radius 1 is 1.40 bits per heavy atom. The van der Waals surface area contributed by atoms with Crippen molar-refractivity contribution in [3.8, 4) is 0 Å². The predicted octanol–water partition coefficient (Wildman–Crippen LogP) is 1.47. The third-order valence-electron chi connectivity index (χ3n) is 3.26. The van der Waals surface area contributed by atoms with Gasteiger partial charge in [0, 0.05) is 18.6 Å². The second-order valence-electron chi connectivity index (χ2n) is 5.47. The Labute approximate surface area is 122 Å². The monoisotopic (exact) mass is 302 g/mol. The van der Waals surface area contributed by atoms with Gasteiger partial charge in [0.2, 0.25) is 0 Å². The Bertz CT molecular complexity index is 508. The molecule has 1 heterocycles. The number of rotatable bonds is 8. The fourth-order valence-electron chi connectivity index (χ4n) is 2.06. The fourth-order valence-corrected chi connectivity index (χ4v) is 3.36. The first-order chi connectivity index (χ1) is 9.29. The summed E-state index contributed by atoms with van der Waals surface area (Å²) < 4.78 is 28.9. The third kappa shape index (κ3) is 4.29. The van der Waals surface area contributed by atoms with Crippen LogP contribution in [0.25, 0.3) is 0 Å². The summed E-state index contributed by atoms with van der Waals surface area (Å²) in [4.78, 5) is 2.05. The highest BCUT2D eigenvalue weighted by Crippen LogP contribution is 2.14. The van der Waals surface area contributed by atoms with Gasteiger partial charge in [0.05, 0.1) is 6.20 Å². The standard InChI is InChI=1S/C13H26N4O2S/c1-6-7-12(16(4)5)10-15-20(18,19)13-8-9-14-17(13)11(2)3/h8-9,11-12,15H,6-7,10H2,1-5H3/t12-/m0/s1. The summed E-state index contributed by atoms with van der Waals surface area (Å²) in [5.74, 6) is 0. The van der Waals surface area contributed by atoms with Gasteiger partial charge in [-0.15, -0.1) is 0 Å². The number of sulfonamides is 1. The number of hydrogen-bond acceptors (Lipinski definition) is 4. The van der Waals surface area contributed by atoms with Gasteiger partial charge in [0.1, 0.15) is 0 Å². The van der Waals surface area contributed by atoms with Gasteiger partial charge in [-0.25, -0.2) is 13.1 Å².